The van der Waals surface area contributed by atoms with Crippen LogP contribution in [-0.4, -0.2) is 15.0 Å². The Morgan fingerprint density at radius 3 is 2.38 bits per heavy atom. The highest BCUT2D eigenvalue weighted by molar-refractivity contribution is 7.80. The van der Waals surface area contributed by atoms with Gasteiger partial charge < -0.3 is 10.2 Å². The van der Waals surface area contributed by atoms with E-state index in [4.69, 9.17) is 23.8 Å². The highest BCUT2D eigenvalue weighted by Crippen LogP contribution is 2.36. The fourth-order valence-electron chi connectivity index (χ4n) is 2.75. The molecular formula is C21H17ClF3N3S. The smallest absolute Gasteiger partial charge is 0.339 e. The standard InChI is InChI=1S/C21H17ClF3N3S/c22-16-9-10-18(21(23,24)25)19(12-16)27-20(29)28(13-15-6-2-1-3-7-15)14-17-8-4-5-11-26-17/h1-12H,13-14H2,(H,27,29). The van der Waals surface area contributed by atoms with Crippen LogP contribution in [0.3, 0.4) is 0 Å². The highest BCUT2D eigenvalue weighted by Gasteiger charge is 2.34. The molecule has 2 aromatic carbocycles. The van der Waals surface area contributed by atoms with Crippen molar-refractivity contribution in [1.29, 1.82) is 0 Å². The van der Waals surface area contributed by atoms with E-state index >= 15 is 0 Å². The molecule has 0 bridgehead atoms. The molecular weight excluding hydrogens is 419 g/mol. The zero-order chi connectivity index (χ0) is 20.9. The summed E-state index contributed by atoms with van der Waals surface area (Å²) in [6.45, 7) is 0.745. The molecule has 0 saturated heterocycles. The molecule has 1 N–H and O–H groups in total. The first kappa shape index (κ1) is 21.1. The lowest BCUT2D eigenvalue weighted by Gasteiger charge is -2.27. The van der Waals surface area contributed by atoms with Crippen LogP contribution in [0.4, 0.5) is 18.9 Å². The van der Waals surface area contributed by atoms with Crippen molar-refractivity contribution in [1.82, 2.24) is 9.88 Å². The summed E-state index contributed by atoms with van der Waals surface area (Å²) in [5.41, 5.74) is 0.695. The van der Waals surface area contributed by atoms with E-state index in [9.17, 15) is 13.2 Å². The van der Waals surface area contributed by atoms with Crippen LogP contribution in [0.2, 0.25) is 5.02 Å². The second-order valence-electron chi connectivity index (χ2n) is 6.28. The predicted octanol–water partition coefficient (Wildman–Crippen LogP) is 6.15. The summed E-state index contributed by atoms with van der Waals surface area (Å²) >= 11 is 11.4. The molecule has 0 aliphatic carbocycles. The molecule has 1 aromatic heterocycles. The Morgan fingerprint density at radius 1 is 1.00 bits per heavy atom. The van der Waals surface area contributed by atoms with Gasteiger partial charge >= 0.3 is 6.18 Å². The summed E-state index contributed by atoms with van der Waals surface area (Å²) in [5.74, 6) is 0. The van der Waals surface area contributed by atoms with Gasteiger partial charge in [0.25, 0.3) is 0 Å². The monoisotopic (exact) mass is 435 g/mol. The first-order chi connectivity index (χ1) is 13.8. The van der Waals surface area contributed by atoms with E-state index in [1.54, 1.807) is 17.2 Å². The molecule has 0 spiro atoms. The molecule has 3 rings (SSSR count). The second kappa shape index (κ2) is 9.24. The number of halogens is 4. The Morgan fingerprint density at radius 2 is 1.72 bits per heavy atom. The third kappa shape index (κ3) is 5.92. The van der Waals surface area contributed by atoms with E-state index < -0.39 is 11.7 Å². The Bertz CT molecular complexity index is 924. The van der Waals surface area contributed by atoms with E-state index in [1.165, 1.54) is 12.1 Å². The van der Waals surface area contributed by atoms with Gasteiger partial charge in [-0.3, -0.25) is 4.98 Å². The fraction of sp³-hybridized carbons (Fsp3) is 0.143. The van der Waals surface area contributed by atoms with Crippen LogP contribution in [0.15, 0.2) is 72.9 Å². The third-order valence-corrected chi connectivity index (χ3v) is 4.71. The van der Waals surface area contributed by atoms with Crippen molar-refractivity contribution in [2.24, 2.45) is 0 Å². The van der Waals surface area contributed by atoms with Gasteiger partial charge in [0.1, 0.15) is 0 Å². The van der Waals surface area contributed by atoms with E-state index in [-0.39, 0.29) is 15.8 Å². The van der Waals surface area contributed by atoms with Gasteiger partial charge in [-0.25, -0.2) is 0 Å². The number of nitrogens with zero attached hydrogens (tertiary/aromatic N) is 2. The van der Waals surface area contributed by atoms with Crippen molar-refractivity contribution in [2.75, 3.05) is 5.32 Å². The van der Waals surface area contributed by atoms with Crippen molar-refractivity contribution in [2.45, 2.75) is 19.3 Å². The number of alkyl halides is 3. The molecule has 0 radical (unpaired) electrons. The molecule has 0 saturated carbocycles. The van der Waals surface area contributed by atoms with Crippen LogP contribution in [0, 0.1) is 0 Å². The van der Waals surface area contributed by atoms with Crippen LogP contribution in [-0.2, 0) is 19.3 Å². The lowest BCUT2D eigenvalue weighted by atomic mass is 10.1. The van der Waals surface area contributed by atoms with E-state index in [0.29, 0.717) is 13.1 Å². The molecule has 3 nitrogen and oxygen atoms in total. The zero-order valence-electron chi connectivity index (χ0n) is 15.2. The topological polar surface area (TPSA) is 28.2 Å². The minimum absolute atomic E-state index is 0.146. The largest absolute Gasteiger partial charge is 0.418 e. The maximum absolute atomic E-state index is 13.4. The summed E-state index contributed by atoms with van der Waals surface area (Å²) in [5, 5.41) is 3.05. The van der Waals surface area contributed by atoms with E-state index in [0.717, 1.165) is 17.3 Å². The number of hydrogen-bond donors (Lipinski definition) is 1. The summed E-state index contributed by atoms with van der Waals surface area (Å²) in [7, 11) is 0. The number of rotatable bonds is 5. The van der Waals surface area contributed by atoms with Gasteiger partial charge in [-0.2, -0.15) is 13.2 Å². The van der Waals surface area contributed by atoms with Gasteiger partial charge in [0, 0.05) is 17.8 Å². The molecule has 3 aromatic rings. The van der Waals surface area contributed by atoms with E-state index in [1.807, 2.05) is 42.5 Å². The Labute approximate surface area is 177 Å². The van der Waals surface area contributed by atoms with Crippen molar-refractivity contribution in [3.63, 3.8) is 0 Å². The first-order valence-corrected chi connectivity index (χ1v) is 9.48. The molecule has 150 valence electrons. The fourth-order valence-corrected chi connectivity index (χ4v) is 3.16. The van der Waals surface area contributed by atoms with Crippen molar-refractivity contribution in [3.05, 3.63) is 94.8 Å². The van der Waals surface area contributed by atoms with Gasteiger partial charge in [-0.05, 0) is 48.1 Å². The molecule has 0 fully saturated rings. The highest BCUT2D eigenvalue weighted by atomic mass is 35.5. The molecule has 1 heterocycles. The number of nitrogens with one attached hydrogen (secondary N) is 1. The quantitative estimate of drug-likeness (QED) is 0.486. The Balaban J connectivity index is 1.87. The first-order valence-electron chi connectivity index (χ1n) is 8.69. The molecule has 0 unspecified atom stereocenters. The third-order valence-electron chi connectivity index (χ3n) is 4.11. The van der Waals surface area contributed by atoms with Gasteiger partial charge in [-0.1, -0.05) is 48.0 Å². The average Bonchev–Trinajstić information content (AvgIpc) is 2.68. The van der Waals surface area contributed by atoms with E-state index in [2.05, 4.69) is 10.3 Å². The van der Waals surface area contributed by atoms with Crippen molar-refractivity contribution >= 4 is 34.6 Å². The summed E-state index contributed by atoms with van der Waals surface area (Å²) in [4.78, 5) is 6.05. The SMILES string of the molecule is FC(F)(F)c1ccc(Cl)cc1NC(=S)N(Cc1ccccc1)Cc1ccccn1. The van der Waals surface area contributed by atoms with Crippen LogP contribution >= 0.6 is 23.8 Å². The summed E-state index contributed by atoms with van der Waals surface area (Å²) < 4.78 is 40.1. The molecule has 29 heavy (non-hydrogen) atoms. The number of hydrogen-bond acceptors (Lipinski definition) is 2. The van der Waals surface area contributed by atoms with Crippen LogP contribution in [0.5, 0.6) is 0 Å². The zero-order valence-corrected chi connectivity index (χ0v) is 16.7. The average molecular weight is 436 g/mol. The van der Waals surface area contributed by atoms with Gasteiger partial charge in [-0.15, -0.1) is 0 Å². The number of thiocarbonyl (C=S) groups is 1. The Hall–Kier alpha value is -2.64. The maximum atomic E-state index is 13.4. The molecule has 0 aliphatic rings. The van der Waals surface area contributed by atoms with Crippen LogP contribution < -0.4 is 5.32 Å². The van der Waals surface area contributed by atoms with Crippen LogP contribution in [0.1, 0.15) is 16.8 Å². The number of benzene rings is 2. The summed E-state index contributed by atoms with van der Waals surface area (Å²) in [6.07, 6.45) is -2.88. The lowest BCUT2D eigenvalue weighted by molar-refractivity contribution is -0.136. The second-order valence-corrected chi connectivity index (χ2v) is 7.10. The normalized spacial score (nSPS) is 11.2. The van der Waals surface area contributed by atoms with Crippen molar-refractivity contribution in [3.8, 4) is 0 Å². The number of anilines is 1. The van der Waals surface area contributed by atoms with Crippen LogP contribution in [0.25, 0.3) is 0 Å². The molecule has 0 aliphatic heterocycles. The van der Waals surface area contributed by atoms with Gasteiger partial charge in [0.15, 0.2) is 5.11 Å². The Kier molecular flexibility index (Phi) is 6.71. The molecule has 0 amide bonds. The minimum atomic E-state index is -4.53. The van der Waals surface area contributed by atoms with Gasteiger partial charge in [0.05, 0.1) is 23.5 Å². The molecule has 0 atom stereocenters. The van der Waals surface area contributed by atoms with Gasteiger partial charge in [0.2, 0.25) is 0 Å². The number of pyridine rings is 1. The molecule has 8 heteroatoms. The summed E-state index contributed by atoms with van der Waals surface area (Å²) in [6, 6.07) is 18.4. The lowest BCUT2D eigenvalue weighted by Crippen LogP contribution is -2.34. The predicted molar refractivity (Wildman–Crippen MR) is 113 cm³/mol. The minimum Gasteiger partial charge on any atom is -0.339 e. The maximum Gasteiger partial charge on any atom is 0.418 e. The number of aromatic nitrogens is 1. The van der Waals surface area contributed by atoms with Crippen molar-refractivity contribution < 1.29 is 13.2 Å².